The van der Waals surface area contributed by atoms with Gasteiger partial charge in [0.15, 0.2) is 0 Å². The van der Waals surface area contributed by atoms with Crippen LogP contribution in [0, 0.1) is 0 Å². The lowest BCUT2D eigenvalue weighted by molar-refractivity contribution is -0.129. The quantitative estimate of drug-likeness (QED) is 0.530. The van der Waals surface area contributed by atoms with Crippen molar-refractivity contribution >= 4 is 15.9 Å². The highest BCUT2D eigenvalue weighted by molar-refractivity contribution is 7.89. The van der Waals surface area contributed by atoms with Crippen LogP contribution in [0.15, 0.2) is 0 Å². The van der Waals surface area contributed by atoms with Crippen LogP contribution in [0.4, 0.5) is 0 Å². The predicted molar refractivity (Wildman–Crippen MR) is 87.5 cm³/mol. The highest BCUT2D eigenvalue weighted by atomic mass is 32.2. The predicted octanol–water partition coefficient (Wildman–Crippen LogP) is 2.65. The molecule has 21 heavy (non-hydrogen) atoms. The van der Waals surface area contributed by atoms with Gasteiger partial charge in [0.2, 0.25) is 15.9 Å². The van der Waals surface area contributed by atoms with Gasteiger partial charge in [0, 0.05) is 20.0 Å². The van der Waals surface area contributed by atoms with Crippen LogP contribution in [0.5, 0.6) is 0 Å². The summed E-state index contributed by atoms with van der Waals surface area (Å²) < 4.78 is 21.6. The van der Waals surface area contributed by atoms with E-state index in [-0.39, 0.29) is 18.2 Å². The molecule has 126 valence electrons. The summed E-state index contributed by atoms with van der Waals surface area (Å²) in [5, 5.41) is 4.92. The molecule has 2 N–H and O–H groups in total. The Labute approximate surface area is 130 Å². The van der Waals surface area contributed by atoms with Crippen molar-refractivity contribution in [2.24, 2.45) is 5.14 Å². The van der Waals surface area contributed by atoms with Crippen LogP contribution < -0.4 is 5.14 Å². The number of carbonyl (C=O) groups excluding carboxylic acids is 1. The van der Waals surface area contributed by atoms with Crippen molar-refractivity contribution in [1.82, 2.24) is 4.90 Å². The summed E-state index contributed by atoms with van der Waals surface area (Å²) in [5.74, 6) is -0.172. The average molecular weight is 320 g/mol. The Balaban J connectivity index is 3.48. The lowest BCUT2D eigenvalue weighted by Crippen LogP contribution is -2.33. The van der Waals surface area contributed by atoms with Gasteiger partial charge in [0.05, 0.1) is 5.75 Å². The molecule has 0 unspecified atom stereocenters. The van der Waals surface area contributed by atoms with E-state index in [1.54, 1.807) is 7.05 Å². The van der Waals surface area contributed by atoms with Crippen molar-refractivity contribution in [2.45, 2.75) is 71.1 Å². The van der Waals surface area contributed by atoms with Gasteiger partial charge < -0.3 is 4.90 Å². The fourth-order valence-corrected chi connectivity index (χ4v) is 2.69. The molecule has 0 spiro atoms. The summed E-state index contributed by atoms with van der Waals surface area (Å²) in [6, 6.07) is 0. The highest BCUT2D eigenvalue weighted by Crippen LogP contribution is 2.10. The summed E-state index contributed by atoms with van der Waals surface area (Å²) in [4.78, 5) is 13.2. The Hall–Kier alpha value is -0.620. The normalized spacial score (nSPS) is 11.6. The molecule has 0 aliphatic carbocycles. The van der Waals surface area contributed by atoms with E-state index in [0.717, 1.165) is 12.8 Å². The van der Waals surface area contributed by atoms with Gasteiger partial charge >= 0.3 is 0 Å². The summed E-state index contributed by atoms with van der Waals surface area (Å²) in [6.07, 6.45) is 11.4. The minimum atomic E-state index is -3.49. The third-order valence-corrected chi connectivity index (χ3v) is 4.38. The number of hydrogen-bond donors (Lipinski definition) is 1. The maximum Gasteiger partial charge on any atom is 0.222 e. The smallest absolute Gasteiger partial charge is 0.222 e. The Bertz CT molecular complexity index is 369. The van der Waals surface area contributed by atoms with E-state index < -0.39 is 10.0 Å². The van der Waals surface area contributed by atoms with E-state index in [4.69, 9.17) is 5.14 Å². The molecule has 0 aliphatic rings. The number of nitrogens with zero attached hydrogens (tertiary/aromatic N) is 1. The number of hydrogen-bond acceptors (Lipinski definition) is 3. The van der Waals surface area contributed by atoms with Crippen LogP contribution in [-0.2, 0) is 14.8 Å². The molecule has 6 heteroatoms. The van der Waals surface area contributed by atoms with Crippen molar-refractivity contribution in [2.75, 3.05) is 19.3 Å². The number of carbonyl (C=O) groups is 1. The molecule has 5 nitrogen and oxygen atoms in total. The fourth-order valence-electron chi connectivity index (χ4n) is 2.17. The zero-order valence-electron chi connectivity index (χ0n) is 13.6. The second-order valence-corrected chi connectivity index (χ2v) is 7.49. The SMILES string of the molecule is CCCCCCCCCCCC(=O)N(C)CCS(N)(=O)=O. The molecule has 0 radical (unpaired) electrons. The van der Waals surface area contributed by atoms with Crippen molar-refractivity contribution in [3.63, 3.8) is 0 Å². The average Bonchev–Trinajstić information content (AvgIpc) is 2.41. The molecule has 0 saturated heterocycles. The van der Waals surface area contributed by atoms with Crippen molar-refractivity contribution in [3.05, 3.63) is 0 Å². The molecule has 0 bridgehead atoms. The number of nitrogens with two attached hydrogens (primary N) is 1. The van der Waals surface area contributed by atoms with Gasteiger partial charge in [-0.2, -0.15) is 0 Å². The van der Waals surface area contributed by atoms with Crippen LogP contribution in [0.1, 0.15) is 71.1 Å². The summed E-state index contributed by atoms with van der Waals surface area (Å²) in [6.45, 7) is 2.39. The minimum absolute atomic E-state index is 0.00148. The second-order valence-electron chi connectivity index (χ2n) is 5.76. The summed E-state index contributed by atoms with van der Waals surface area (Å²) in [5.41, 5.74) is 0. The largest absolute Gasteiger partial charge is 0.345 e. The van der Waals surface area contributed by atoms with E-state index in [2.05, 4.69) is 6.92 Å². The summed E-state index contributed by atoms with van der Waals surface area (Å²) in [7, 11) is -1.86. The molecular formula is C15H32N2O3S. The van der Waals surface area contributed by atoms with Crippen LogP contribution >= 0.6 is 0 Å². The number of primary sulfonamides is 1. The highest BCUT2D eigenvalue weighted by Gasteiger charge is 2.11. The molecule has 1 amide bonds. The van der Waals surface area contributed by atoms with Crippen molar-refractivity contribution in [3.8, 4) is 0 Å². The zero-order chi connectivity index (χ0) is 16.1. The Kier molecular flexibility index (Phi) is 11.6. The van der Waals surface area contributed by atoms with Gasteiger partial charge in [-0.25, -0.2) is 13.6 Å². The lowest BCUT2D eigenvalue weighted by Gasteiger charge is -2.16. The Morgan fingerprint density at radius 1 is 0.952 bits per heavy atom. The third kappa shape index (κ3) is 14.1. The maximum absolute atomic E-state index is 11.8. The van der Waals surface area contributed by atoms with Gasteiger partial charge in [-0.05, 0) is 6.42 Å². The molecule has 0 saturated carbocycles. The maximum atomic E-state index is 11.8. The first kappa shape index (κ1) is 20.4. The fraction of sp³-hybridized carbons (Fsp3) is 0.933. The van der Waals surface area contributed by atoms with Crippen LogP contribution in [0.3, 0.4) is 0 Å². The molecular weight excluding hydrogens is 288 g/mol. The molecule has 0 aromatic rings. The van der Waals surface area contributed by atoms with Gasteiger partial charge in [-0.3, -0.25) is 4.79 Å². The number of amides is 1. The van der Waals surface area contributed by atoms with E-state index in [1.165, 1.54) is 49.8 Å². The van der Waals surface area contributed by atoms with E-state index >= 15 is 0 Å². The van der Waals surface area contributed by atoms with Gasteiger partial charge in [0.1, 0.15) is 0 Å². The Morgan fingerprint density at radius 2 is 1.43 bits per heavy atom. The molecule has 0 atom stereocenters. The van der Waals surface area contributed by atoms with Crippen LogP contribution in [-0.4, -0.2) is 38.6 Å². The second kappa shape index (κ2) is 12.0. The van der Waals surface area contributed by atoms with E-state index in [9.17, 15) is 13.2 Å². The van der Waals surface area contributed by atoms with Crippen molar-refractivity contribution < 1.29 is 13.2 Å². The molecule has 0 aromatic carbocycles. The number of unbranched alkanes of at least 4 members (excludes halogenated alkanes) is 8. The van der Waals surface area contributed by atoms with Gasteiger partial charge in [0.25, 0.3) is 0 Å². The first-order valence-corrected chi connectivity index (χ1v) is 9.82. The first-order valence-electron chi connectivity index (χ1n) is 8.11. The first-order chi connectivity index (χ1) is 9.87. The van der Waals surface area contributed by atoms with Crippen LogP contribution in [0.2, 0.25) is 0 Å². The minimum Gasteiger partial charge on any atom is -0.345 e. The number of rotatable bonds is 13. The van der Waals surface area contributed by atoms with Crippen molar-refractivity contribution in [1.29, 1.82) is 0 Å². The molecule has 0 aliphatic heterocycles. The van der Waals surface area contributed by atoms with E-state index in [0.29, 0.717) is 6.42 Å². The third-order valence-electron chi connectivity index (χ3n) is 3.63. The topological polar surface area (TPSA) is 80.5 Å². The van der Waals surface area contributed by atoms with E-state index in [1.807, 2.05) is 0 Å². The lowest BCUT2D eigenvalue weighted by atomic mass is 10.1. The zero-order valence-corrected chi connectivity index (χ0v) is 14.5. The van der Waals surface area contributed by atoms with Crippen LogP contribution in [0.25, 0.3) is 0 Å². The molecule has 0 aromatic heterocycles. The van der Waals surface area contributed by atoms with Gasteiger partial charge in [-0.1, -0.05) is 58.3 Å². The standard InChI is InChI=1S/C15H32N2O3S/c1-3-4-5-6-7-8-9-10-11-12-15(18)17(2)13-14-21(16,19)20/h3-14H2,1-2H3,(H2,16,19,20). The molecule has 0 heterocycles. The monoisotopic (exact) mass is 320 g/mol. The summed E-state index contributed by atoms with van der Waals surface area (Å²) >= 11 is 0. The Morgan fingerprint density at radius 3 is 1.90 bits per heavy atom. The number of sulfonamides is 1. The molecule has 0 fully saturated rings. The van der Waals surface area contributed by atoms with Gasteiger partial charge in [-0.15, -0.1) is 0 Å². The molecule has 0 rings (SSSR count).